The minimum absolute atomic E-state index is 0.0872. The zero-order valence-corrected chi connectivity index (χ0v) is 9.94. The Bertz CT molecular complexity index is 406. The van der Waals surface area contributed by atoms with Crippen molar-refractivity contribution in [2.45, 2.75) is 38.0 Å². The first kappa shape index (κ1) is 10.7. The second-order valence-corrected chi connectivity index (χ2v) is 4.40. The summed E-state index contributed by atoms with van der Waals surface area (Å²) in [6.45, 7) is 1.57. The number of nitrogens with one attached hydrogen (secondary N) is 1. The summed E-state index contributed by atoms with van der Waals surface area (Å²) in [7, 11) is -1.44. The van der Waals surface area contributed by atoms with Crippen LogP contribution in [-0.4, -0.2) is 59.5 Å². The first-order valence-corrected chi connectivity index (χ1v) is 5.63. The van der Waals surface area contributed by atoms with Crippen LogP contribution in [-0.2, 0) is 9.47 Å². The van der Waals surface area contributed by atoms with Crippen LogP contribution < -0.4 is 5.32 Å². The Morgan fingerprint density at radius 1 is 1.83 bits per heavy atom. The number of methoxy groups -OCH3 is 1. The molecule has 2 amide bonds. The van der Waals surface area contributed by atoms with Gasteiger partial charge in [0.1, 0.15) is 12.3 Å². The molecule has 2 rings (SSSR count). The SMILES string of the molecule is [2H]C([3H])OCC1OC(N2C=C(C)C(O)NC2=O)CC1O. The van der Waals surface area contributed by atoms with Crippen LogP contribution in [0.1, 0.15) is 16.1 Å². The zero-order chi connectivity index (χ0) is 14.9. The monoisotopic (exact) mass is 261 g/mol. The van der Waals surface area contributed by atoms with Crippen molar-refractivity contribution in [3.63, 3.8) is 0 Å². The van der Waals surface area contributed by atoms with Gasteiger partial charge in [0.2, 0.25) is 0 Å². The standard InChI is InChI=1S/C11H18N2O5/c1-6-4-13(11(16)12-10(6)15)9-3-7(14)8(18-9)5-17-2/h4,7-10,14-15H,3,5H2,1-2H3,(H,12,16)/i2TD. The molecule has 0 aromatic carbocycles. The van der Waals surface area contributed by atoms with Gasteiger partial charge in [0.25, 0.3) is 0 Å². The van der Waals surface area contributed by atoms with Gasteiger partial charge < -0.3 is 25.0 Å². The van der Waals surface area contributed by atoms with E-state index < -0.39 is 37.8 Å². The summed E-state index contributed by atoms with van der Waals surface area (Å²) in [6, 6.07) is -0.513. The van der Waals surface area contributed by atoms with Gasteiger partial charge in [-0.15, -0.1) is 0 Å². The second kappa shape index (κ2) is 5.23. The predicted octanol–water partition coefficient (Wildman–Crippen LogP) is -0.644. The first-order valence-electron chi connectivity index (χ1n) is 6.79. The molecule has 0 spiro atoms. The molecule has 5 unspecified atom stereocenters. The van der Waals surface area contributed by atoms with E-state index in [1.54, 1.807) is 6.92 Å². The van der Waals surface area contributed by atoms with Crippen molar-refractivity contribution in [3.05, 3.63) is 11.8 Å². The molecule has 5 atom stereocenters. The summed E-state index contributed by atoms with van der Waals surface area (Å²) in [4.78, 5) is 13.0. The molecule has 3 N–H and O–H groups in total. The van der Waals surface area contributed by atoms with Crippen molar-refractivity contribution < 1.29 is 27.2 Å². The van der Waals surface area contributed by atoms with Crippen LogP contribution in [0.25, 0.3) is 0 Å². The number of carbonyl (C=O) groups excluding carboxylic acids is 1. The van der Waals surface area contributed by atoms with Crippen LogP contribution >= 0.6 is 0 Å². The van der Waals surface area contributed by atoms with E-state index in [4.69, 9.17) is 12.2 Å². The fourth-order valence-corrected chi connectivity index (χ4v) is 2.00. The molecule has 1 fully saturated rings. The Balaban J connectivity index is 1.99. The van der Waals surface area contributed by atoms with Crippen LogP contribution in [0.15, 0.2) is 11.8 Å². The fraction of sp³-hybridized carbons (Fsp3) is 0.727. The molecule has 0 aliphatic carbocycles. The predicted molar refractivity (Wildman–Crippen MR) is 61.3 cm³/mol. The molecule has 0 bridgehead atoms. The number of ether oxygens (including phenoxy) is 2. The van der Waals surface area contributed by atoms with E-state index in [-0.39, 0.29) is 13.0 Å². The van der Waals surface area contributed by atoms with E-state index in [9.17, 15) is 15.0 Å². The van der Waals surface area contributed by atoms with Gasteiger partial charge in [0.05, 0.1) is 15.5 Å². The number of carbonyl (C=O) groups is 1. The zero-order valence-electron chi connectivity index (χ0n) is 11.9. The highest BCUT2D eigenvalue weighted by Gasteiger charge is 2.40. The van der Waals surface area contributed by atoms with Gasteiger partial charge in [-0.05, 0) is 12.5 Å². The smallest absolute Gasteiger partial charge is 0.325 e. The summed E-state index contributed by atoms with van der Waals surface area (Å²) in [5.41, 5.74) is 0.555. The molecule has 2 aliphatic heterocycles. The summed E-state index contributed by atoms with van der Waals surface area (Å²) < 4.78 is 24.1. The topological polar surface area (TPSA) is 91.3 Å². The molecule has 18 heavy (non-hydrogen) atoms. The van der Waals surface area contributed by atoms with E-state index in [0.717, 1.165) is 0 Å². The van der Waals surface area contributed by atoms with Crippen LogP contribution in [0.3, 0.4) is 0 Å². The third kappa shape index (κ3) is 2.49. The Morgan fingerprint density at radius 2 is 2.61 bits per heavy atom. The number of aliphatic hydroxyl groups is 2. The van der Waals surface area contributed by atoms with Gasteiger partial charge in [0, 0.05) is 19.7 Å². The largest absolute Gasteiger partial charge is 0.390 e. The number of nitrogens with zero attached hydrogens (tertiary/aromatic N) is 1. The van der Waals surface area contributed by atoms with Gasteiger partial charge in [-0.1, -0.05) is 0 Å². The van der Waals surface area contributed by atoms with E-state index in [1.807, 2.05) is 0 Å². The van der Waals surface area contributed by atoms with Crippen molar-refractivity contribution in [2.75, 3.05) is 13.7 Å². The van der Waals surface area contributed by atoms with Gasteiger partial charge in [-0.25, -0.2) is 4.79 Å². The Morgan fingerprint density at radius 3 is 3.33 bits per heavy atom. The molecule has 102 valence electrons. The number of hydrogen-bond acceptors (Lipinski definition) is 5. The second-order valence-electron chi connectivity index (χ2n) is 4.40. The lowest BCUT2D eigenvalue weighted by Gasteiger charge is -2.31. The first-order chi connectivity index (χ1) is 9.38. The summed E-state index contributed by atoms with van der Waals surface area (Å²) in [6.07, 6.45) is -1.55. The number of urea groups is 1. The Hall–Kier alpha value is -1.15. The molecule has 0 radical (unpaired) electrons. The van der Waals surface area contributed by atoms with Crippen molar-refractivity contribution >= 4 is 6.03 Å². The lowest BCUT2D eigenvalue weighted by atomic mass is 10.1. The molecule has 0 aromatic rings. The maximum Gasteiger partial charge on any atom is 0.325 e. The highest BCUT2D eigenvalue weighted by atomic mass is 16.6. The van der Waals surface area contributed by atoms with E-state index in [0.29, 0.717) is 5.57 Å². The molecular weight excluding hydrogens is 240 g/mol. The third-order valence-electron chi connectivity index (χ3n) is 3.04. The van der Waals surface area contributed by atoms with Crippen LogP contribution in [0.5, 0.6) is 0 Å². The molecule has 7 nitrogen and oxygen atoms in total. The molecule has 7 heteroatoms. The molecule has 2 heterocycles. The molecule has 0 aromatic heterocycles. The number of amides is 2. The van der Waals surface area contributed by atoms with Gasteiger partial charge in [-0.2, -0.15) is 0 Å². The van der Waals surface area contributed by atoms with E-state index in [1.165, 1.54) is 11.1 Å². The lowest BCUT2D eigenvalue weighted by Crippen LogP contribution is -2.51. The maximum absolute atomic E-state index is 11.8. The summed E-state index contributed by atoms with van der Waals surface area (Å²) >= 11 is 0. The van der Waals surface area contributed by atoms with Crippen LogP contribution in [0, 0.1) is 0 Å². The van der Waals surface area contributed by atoms with Gasteiger partial charge in [0.15, 0.2) is 6.23 Å². The summed E-state index contributed by atoms with van der Waals surface area (Å²) in [5.74, 6) is 0. The van der Waals surface area contributed by atoms with Gasteiger partial charge >= 0.3 is 6.03 Å². The highest BCUT2D eigenvalue weighted by Crippen LogP contribution is 2.26. The van der Waals surface area contributed by atoms with Crippen LogP contribution in [0.2, 0.25) is 0 Å². The van der Waals surface area contributed by atoms with Crippen LogP contribution in [0.4, 0.5) is 4.79 Å². The lowest BCUT2D eigenvalue weighted by molar-refractivity contribution is -0.0633. The number of rotatable bonds is 3. The summed E-state index contributed by atoms with van der Waals surface area (Å²) in [5, 5.41) is 21.7. The van der Waals surface area contributed by atoms with E-state index >= 15 is 0 Å². The Kier molecular flexibility index (Phi) is 3.12. The Labute approximate surface area is 108 Å². The van der Waals surface area contributed by atoms with Crippen molar-refractivity contribution in [1.29, 1.82) is 0 Å². The quantitative estimate of drug-likeness (QED) is 0.628. The van der Waals surface area contributed by atoms with E-state index in [2.05, 4.69) is 5.32 Å². The average molecular weight is 261 g/mol. The normalized spacial score (nSPS) is 39.8. The van der Waals surface area contributed by atoms with Crippen molar-refractivity contribution in [1.82, 2.24) is 10.2 Å². The average Bonchev–Trinajstić information content (AvgIpc) is 2.72. The fourth-order valence-electron chi connectivity index (χ4n) is 2.00. The minimum atomic E-state index is -1.44. The van der Waals surface area contributed by atoms with Gasteiger partial charge in [-0.3, -0.25) is 4.90 Å². The minimum Gasteiger partial charge on any atom is -0.390 e. The van der Waals surface area contributed by atoms with Crippen molar-refractivity contribution in [2.24, 2.45) is 0 Å². The maximum atomic E-state index is 11.8. The molecule has 2 aliphatic rings. The third-order valence-corrected chi connectivity index (χ3v) is 3.04. The molecule has 0 saturated carbocycles. The molecular formula is C11H18N2O5. The highest BCUT2D eigenvalue weighted by molar-refractivity contribution is 5.77. The van der Waals surface area contributed by atoms with Crippen molar-refractivity contribution in [3.8, 4) is 0 Å². The number of hydrogen-bond donors (Lipinski definition) is 3. The number of aliphatic hydroxyl groups excluding tert-OH is 2. The molecule has 1 saturated heterocycles.